The molecule has 2 N–H and O–H groups in total. The summed E-state index contributed by atoms with van der Waals surface area (Å²) in [5, 5.41) is 11.1. The molecular formula is C43H51FN10O4. The third-order valence-electron chi connectivity index (χ3n) is 13.4. The Bertz CT molecular complexity index is 2240. The van der Waals surface area contributed by atoms with Crippen LogP contribution in [0.5, 0.6) is 5.75 Å². The molecule has 15 heteroatoms. The van der Waals surface area contributed by atoms with Crippen molar-refractivity contribution >= 4 is 40.1 Å². The maximum atomic E-state index is 16.0. The van der Waals surface area contributed by atoms with Crippen molar-refractivity contribution in [3.8, 4) is 17.1 Å². The van der Waals surface area contributed by atoms with Gasteiger partial charge in [-0.2, -0.15) is 5.10 Å². The molecule has 1 aliphatic carbocycles. The molecule has 5 aliphatic heterocycles. The summed E-state index contributed by atoms with van der Waals surface area (Å²) in [4.78, 5) is 57.6. The lowest BCUT2D eigenvalue weighted by Crippen LogP contribution is -2.52. The van der Waals surface area contributed by atoms with Gasteiger partial charge in [0.15, 0.2) is 5.82 Å². The van der Waals surface area contributed by atoms with E-state index in [2.05, 4.69) is 64.1 Å². The Balaban J connectivity index is 0.683. The quantitative estimate of drug-likeness (QED) is 0.223. The monoisotopic (exact) mass is 790 g/mol. The van der Waals surface area contributed by atoms with E-state index < -0.39 is 11.9 Å². The van der Waals surface area contributed by atoms with Crippen molar-refractivity contribution in [1.82, 2.24) is 40.2 Å². The maximum Gasteiger partial charge on any atom is 0.255 e. The Morgan fingerprint density at radius 2 is 1.60 bits per heavy atom. The Hall–Kier alpha value is -5.15. The molecule has 58 heavy (non-hydrogen) atoms. The zero-order chi connectivity index (χ0) is 39.5. The van der Waals surface area contributed by atoms with Crippen LogP contribution in [-0.4, -0.2) is 130 Å². The molecule has 4 saturated heterocycles. The standard InChI is InChI=1S/C43H51FN10O4/c1-43(11-12-43)58-29-2-4-33-31(20-29)40(49-48-33)34-21-37(46-26-45-34)52-13-8-27(9-14-52)22-50-16-18-51(19-17-50)23-28-10-15-53(24-28)35-5-3-30-32(39(35)44)25-54(42(30)57)36-6-7-38(55)47-41(36)56/h2-5,20-21,26-28,36H,6-19,22-25H2,1H3,(H,48,49)(H,47,55,56)/t28-,36?/m1/s1. The third-order valence-corrected chi connectivity index (χ3v) is 13.4. The second-order valence-electron chi connectivity index (χ2n) is 17.6. The first kappa shape index (κ1) is 37.1. The molecule has 5 fully saturated rings. The number of carbonyl (C=O) groups is 3. The molecule has 2 aromatic heterocycles. The van der Waals surface area contributed by atoms with Gasteiger partial charge in [-0.15, -0.1) is 0 Å². The minimum absolute atomic E-state index is 0.0463. The highest BCUT2D eigenvalue weighted by Crippen LogP contribution is 2.41. The average molecular weight is 791 g/mol. The molecule has 0 bridgehead atoms. The Morgan fingerprint density at radius 1 is 0.862 bits per heavy atom. The third kappa shape index (κ3) is 7.27. The number of ether oxygens (including phenoxy) is 1. The molecule has 2 atom stereocenters. The van der Waals surface area contributed by atoms with Crippen molar-refractivity contribution in [2.24, 2.45) is 11.8 Å². The Kier molecular flexibility index (Phi) is 9.54. The van der Waals surface area contributed by atoms with Gasteiger partial charge in [0.1, 0.15) is 35.2 Å². The van der Waals surface area contributed by atoms with Gasteiger partial charge in [-0.05, 0) is 87.6 Å². The SMILES string of the molecule is CC1(Oc2ccc3[nH]nc(-c4cc(N5CCC(CN6CCN(C[C@H]7CCN(c8ccc9c(c8F)CN(C8CCC(=O)NC8=O)C9=O)C7)CC6)CC5)ncn4)c3c2)CC1. The summed E-state index contributed by atoms with van der Waals surface area (Å²) in [6.07, 6.45) is 7.51. The Morgan fingerprint density at radius 3 is 2.36 bits per heavy atom. The van der Waals surface area contributed by atoms with Gasteiger partial charge in [-0.1, -0.05) is 0 Å². The van der Waals surface area contributed by atoms with E-state index in [1.807, 2.05) is 12.1 Å². The average Bonchev–Trinajstić information content (AvgIpc) is 3.51. The van der Waals surface area contributed by atoms with E-state index in [4.69, 9.17) is 4.74 Å². The summed E-state index contributed by atoms with van der Waals surface area (Å²) in [6.45, 7) is 12.0. The number of aromatic nitrogens is 4. The van der Waals surface area contributed by atoms with Crippen LogP contribution in [0.4, 0.5) is 15.9 Å². The van der Waals surface area contributed by atoms with E-state index in [1.165, 1.54) is 4.90 Å². The number of hydrogen-bond acceptors (Lipinski definition) is 11. The van der Waals surface area contributed by atoms with Gasteiger partial charge in [0.05, 0.1) is 23.4 Å². The van der Waals surface area contributed by atoms with E-state index >= 15 is 4.39 Å². The minimum atomic E-state index is -0.754. The van der Waals surface area contributed by atoms with Crippen LogP contribution in [0.2, 0.25) is 0 Å². The predicted octanol–water partition coefficient (Wildman–Crippen LogP) is 4.21. The zero-order valence-electron chi connectivity index (χ0n) is 33.1. The summed E-state index contributed by atoms with van der Waals surface area (Å²) < 4.78 is 22.2. The van der Waals surface area contributed by atoms with E-state index in [-0.39, 0.29) is 42.6 Å². The molecule has 10 rings (SSSR count). The number of nitrogens with one attached hydrogen (secondary N) is 2. The van der Waals surface area contributed by atoms with Crippen LogP contribution < -0.4 is 19.9 Å². The number of aromatic amines is 1. The topological polar surface area (TPSA) is 143 Å². The second kappa shape index (κ2) is 14.9. The van der Waals surface area contributed by atoms with Crippen LogP contribution in [0.3, 0.4) is 0 Å². The van der Waals surface area contributed by atoms with Gasteiger partial charge in [0, 0.05) is 94.4 Å². The van der Waals surface area contributed by atoms with Crippen molar-refractivity contribution in [3.05, 3.63) is 59.7 Å². The van der Waals surface area contributed by atoms with Crippen molar-refractivity contribution < 1.29 is 23.5 Å². The number of nitrogens with zero attached hydrogens (tertiary/aromatic N) is 8. The van der Waals surface area contributed by atoms with Crippen LogP contribution >= 0.6 is 0 Å². The first-order valence-electron chi connectivity index (χ1n) is 21.1. The normalized spacial score (nSPS) is 24.2. The Labute approximate surface area is 337 Å². The van der Waals surface area contributed by atoms with Gasteiger partial charge in [0.25, 0.3) is 5.91 Å². The van der Waals surface area contributed by atoms with Crippen LogP contribution in [0.15, 0.2) is 42.7 Å². The van der Waals surface area contributed by atoms with Crippen molar-refractivity contribution in [2.75, 3.05) is 75.2 Å². The van der Waals surface area contributed by atoms with Gasteiger partial charge >= 0.3 is 0 Å². The van der Waals surface area contributed by atoms with Crippen molar-refractivity contribution in [3.63, 3.8) is 0 Å². The number of piperazine rings is 1. The molecule has 3 amide bonds. The highest BCUT2D eigenvalue weighted by atomic mass is 19.1. The number of hydrogen-bond donors (Lipinski definition) is 2. The van der Waals surface area contributed by atoms with Crippen LogP contribution in [0, 0.1) is 17.7 Å². The first-order chi connectivity index (χ1) is 28.2. The maximum absolute atomic E-state index is 16.0. The highest BCUT2D eigenvalue weighted by molar-refractivity contribution is 6.05. The van der Waals surface area contributed by atoms with Crippen LogP contribution in [0.1, 0.15) is 67.8 Å². The fourth-order valence-electron chi connectivity index (χ4n) is 9.73. The lowest BCUT2D eigenvalue weighted by atomic mass is 9.95. The number of piperidine rings is 2. The van der Waals surface area contributed by atoms with Crippen LogP contribution in [-0.2, 0) is 16.1 Å². The number of anilines is 2. The lowest BCUT2D eigenvalue weighted by Gasteiger charge is -2.39. The highest BCUT2D eigenvalue weighted by Gasteiger charge is 2.42. The summed E-state index contributed by atoms with van der Waals surface area (Å²) >= 11 is 0. The summed E-state index contributed by atoms with van der Waals surface area (Å²) in [5.74, 6) is 1.37. The first-order valence-corrected chi connectivity index (χ1v) is 21.1. The molecule has 4 aromatic rings. The number of imide groups is 1. The molecule has 0 spiro atoms. The molecule has 1 saturated carbocycles. The van der Waals surface area contributed by atoms with Gasteiger partial charge < -0.3 is 29.2 Å². The van der Waals surface area contributed by atoms with Gasteiger partial charge in [0.2, 0.25) is 11.8 Å². The molecule has 304 valence electrons. The fraction of sp³-hybridized carbons (Fsp3) is 0.535. The molecule has 6 aliphatic rings. The van der Waals surface area contributed by atoms with Crippen molar-refractivity contribution in [1.29, 1.82) is 0 Å². The van der Waals surface area contributed by atoms with Crippen molar-refractivity contribution in [2.45, 2.75) is 70.1 Å². The smallest absolute Gasteiger partial charge is 0.255 e. The molecule has 14 nitrogen and oxygen atoms in total. The number of H-pyrrole nitrogens is 1. The van der Waals surface area contributed by atoms with Gasteiger partial charge in [-0.3, -0.25) is 24.8 Å². The van der Waals surface area contributed by atoms with Gasteiger partial charge in [-0.25, -0.2) is 14.4 Å². The number of carbonyl (C=O) groups excluding carboxylic acids is 3. The number of rotatable bonds is 10. The summed E-state index contributed by atoms with van der Waals surface area (Å²) in [6, 6.07) is 10.8. The molecule has 0 radical (unpaired) electrons. The van der Waals surface area contributed by atoms with Crippen LogP contribution in [0.25, 0.3) is 22.3 Å². The number of halogens is 1. The summed E-state index contributed by atoms with van der Waals surface area (Å²) in [5.41, 5.74) is 3.73. The van der Waals surface area contributed by atoms with E-state index in [0.717, 1.165) is 131 Å². The molecular weight excluding hydrogens is 740 g/mol. The lowest BCUT2D eigenvalue weighted by molar-refractivity contribution is -0.136. The fourth-order valence-corrected chi connectivity index (χ4v) is 9.73. The second-order valence-corrected chi connectivity index (χ2v) is 17.6. The predicted molar refractivity (Wildman–Crippen MR) is 216 cm³/mol. The number of benzene rings is 2. The number of fused-ring (bicyclic) bond motifs is 2. The molecule has 1 unspecified atom stereocenters. The molecule has 2 aromatic carbocycles. The molecule has 7 heterocycles. The largest absolute Gasteiger partial charge is 0.488 e. The minimum Gasteiger partial charge on any atom is -0.488 e. The summed E-state index contributed by atoms with van der Waals surface area (Å²) in [7, 11) is 0. The number of amides is 3. The van der Waals surface area contributed by atoms with E-state index in [1.54, 1.807) is 18.5 Å². The zero-order valence-corrected chi connectivity index (χ0v) is 33.1. The van der Waals surface area contributed by atoms with E-state index in [0.29, 0.717) is 28.7 Å². The van der Waals surface area contributed by atoms with E-state index in [9.17, 15) is 14.4 Å².